The summed E-state index contributed by atoms with van der Waals surface area (Å²) < 4.78 is 0. The van der Waals surface area contributed by atoms with E-state index >= 15 is 0 Å². The molecule has 102 valence electrons. The van der Waals surface area contributed by atoms with Gasteiger partial charge in [-0.2, -0.15) is 0 Å². The Bertz CT molecular complexity index is 618. The first-order valence-electron chi connectivity index (χ1n) is 6.17. The summed E-state index contributed by atoms with van der Waals surface area (Å²) in [5.41, 5.74) is 3.02. The van der Waals surface area contributed by atoms with E-state index in [9.17, 15) is 9.59 Å². The van der Waals surface area contributed by atoms with Crippen LogP contribution in [0.4, 0.5) is 5.69 Å². The molecular weight excluding hydrogens is 318 g/mol. The molecule has 1 amide bonds. The highest BCUT2D eigenvalue weighted by atomic mass is 79.9. The van der Waals surface area contributed by atoms with Crippen molar-refractivity contribution in [1.82, 2.24) is 0 Å². The predicted octanol–water partition coefficient (Wildman–Crippen LogP) is 4.04. The van der Waals surface area contributed by atoms with Gasteiger partial charge in [0.2, 0.25) is 0 Å². The van der Waals surface area contributed by atoms with Gasteiger partial charge in [-0.25, -0.2) is 0 Å². The highest BCUT2D eigenvalue weighted by molar-refractivity contribution is 9.08. The van der Waals surface area contributed by atoms with E-state index < -0.39 is 0 Å². The Balaban J connectivity index is 2.08. The van der Waals surface area contributed by atoms with Gasteiger partial charge >= 0.3 is 0 Å². The Kier molecular flexibility index (Phi) is 4.69. The molecule has 0 radical (unpaired) electrons. The number of hydrogen-bond acceptors (Lipinski definition) is 2. The lowest BCUT2D eigenvalue weighted by Crippen LogP contribution is -2.11. The Hall–Kier alpha value is -1.94. The van der Waals surface area contributed by atoms with Crippen LogP contribution in [0.1, 0.15) is 33.2 Å². The van der Waals surface area contributed by atoms with Crippen LogP contribution in [-0.2, 0) is 5.33 Å². The fourth-order valence-electron chi connectivity index (χ4n) is 1.74. The van der Waals surface area contributed by atoms with Crippen molar-refractivity contribution in [3.63, 3.8) is 0 Å². The average Bonchev–Trinajstić information content (AvgIpc) is 2.48. The van der Waals surface area contributed by atoms with E-state index in [0.29, 0.717) is 16.8 Å². The van der Waals surface area contributed by atoms with Gasteiger partial charge in [0.05, 0.1) is 0 Å². The number of carbonyl (C=O) groups is 2. The molecule has 0 bridgehead atoms. The third kappa shape index (κ3) is 3.54. The van der Waals surface area contributed by atoms with Gasteiger partial charge in [0.1, 0.15) is 0 Å². The molecule has 1 N–H and O–H groups in total. The molecule has 0 spiro atoms. The van der Waals surface area contributed by atoms with Crippen LogP contribution in [0.3, 0.4) is 0 Å². The summed E-state index contributed by atoms with van der Waals surface area (Å²) in [6.07, 6.45) is 0. The van der Waals surface area contributed by atoms with E-state index in [1.165, 1.54) is 6.92 Å². The zero-order valence-electron chi connectivity index (χ0n) is 11.0. The first kappa shape index (κ1) is 14.5. The maximum Gasteiger partial charge on any atom is 0.255 e. The molecule has 0 aliphatic rings. The topological polar surface area (TPSA) is 46.2 Å². The fourth-order valence-corrected chi connectivity index (χ4v) is 2.11. The number of nitrogens with one attached hydrogen (secondary N) is 1. The lowest BCUT2D eigenvalue weighted by atomic mass is 10.1. The second-order valence-electron chi connectivity index (χ2n) is 4.42. The van der Waals surface area contributed by atoms with Gasteiger partial charge in [-0.05, 0) is 48.9 Å². The molecule has 2 rings (SSSR count). The van der Waals surface area contributed by atoms with Crippen LogP contribution in [0.5, 0.6) is 0 Å². The standard InChI is InChI=1S/C16H14BrNO2/c1-11(19)13-6-8-15(9-7-13)18-16(20)14-4-2-12(10-17)3-5-14/h2-9H,10H2,1H3,(H,18,20). The van der Waals surface area contributed by atoms with Crippen LogP contribution in [0.25, 0.3) is 0 Å². The van der Waals surface area contributed by atoms with Crippen LogP contribution in [0.2, 0.25) is 0 Å². The maximum atomic E-state index is 12.0. The van der Waals surface area contributed by atoms with Gasteiger partial charge in [0.25, 0.3) is 5.91 Å². The normalized spacial score (nSPS) is 10.1. The van der Waals surface area contributed by atoms with E-state index in [-0.39, 0.29) is 11.7 Å². The van der Waals surface area contributed by atoms with Crippen molar-refractivity contribution in [2.45, 2.75) is 12.3 Å². The van der Waals surface area contributed by atoms with Gasteiger partial charge in [0.15, 0.2) is 5.78 Å². The lowest BCUT2D eigenvalue weighted by molar-refractivity contribution is 0.101. The van der Waals surface area contributed by atoms with Crippen LogP contribution in [0.15, 0.2) is 48.5 Å². The number of halogens is 1. The third-order valence-corrected chi connectivity index (χ3v) is 3.57. The molecule has 0 atom stereocenters. The van der Waals surface area contributed by atoms with Crippen LogP contribution >= 0.6 is 15.9 Å². The zero-order chi connectivity index (χ0) is 14.5. The molecule has 0 aliphatic heterocycles. The Morgan fingerprint density at radius 3 is 2.00 bits per heavy atom. The van der Waals surface area contributed by atoms with Crippen molar-refractivity contribution >= 4 is 33.3 Å². The molecule has 0 fully saturated rings. The average molecular weight is 332 g/mol. The molecule has 0 saturated carbocycles. The van der Waals surface area contributed by atoms with Crippen molar-refractivity contribution in [2.24, 2.45) is 0 Å². The molecular formula is C16H14BrNO2. The molecule has 0 aromatic heterocycles. The van der Waals surface area contributed by atoms with Gasteiger partial charge in [-0.3, -0.25) is 9.59 Å². The van der Waals surface area contributed by atoms with Gasteiger partial charge in [-0.15, -0.1) is 0 Å². The SMILES string of the molecule is CC(=O)c1ccc(NC(=O)c2ccc(CBr)cc2)cc1. The van der Waals surface area contributed by atoms with Crippen molar-refractivity contribution in [3.05, 3.63) is 65.2 Å². The van der Waals surface area contributed by atoms with Gasteiger partial charge < -0.3 is 5.32 Å². The van der Waals surface area contributed by atoms with Crippen LogP contribution < -0.4 is 5.32 Å². The number of amides is 1. The van der Waals surface area contributed by atoms with E-state index in [1.807, 2.05) is 12.1 Å². The van der Waals surface area contributed by atoms with Crippen molar-refractivity contribution in [1.29, 1.82) is 0 Å². The molecule has 20 heavy (non-hydrogen) atoms. The lowest BCUT2D eigenvalue weighted by Gasteiger charge is -2.06. The summed E-state index contributed by atoms with van der Waals surface area (Å²) in [6, 6.07) is 14.2. The van der Waals surface area contributed by atoms with Crippen molar-refractivity contribution in [2.75, 3.05) is 5.32 Å². The Morgan fingerprint density at radius 2 is 1.50 bits per heavy atom. The van der Waals surface area contributed by atoms with Crippen LogP contribution in [0, 0.1) is 0 Å². The minimum absolute atomic E-state index is 0.00763. The number of carbonyl (C=O) groups excluding carboxylic acids is 2. The van der Waals surface area contributed by atoms with Gasteiger partial charge in [0, 0.05) is 22.1 Å². The summed E-state index contributed by atoms with van der Waals surface area (Å²) >= 11 is 3.36. The third-order valence-electron chi connectivity index (χ3n) is 2.92. The number of benzene rings is 2. The monoisotopic (exact) mass is 331 g/mol. The molecule has 4 heteroatoms. The maximum absolute atomic E-state index is 12.0. The summed E-state index contributed by atoms with van der Waals surface area (Å²) in [5, 5.41) is 3.57. The van der Waals surface area contributed by atoms with Crippen LogP contribution in [-0.4, -0.2) is 11.7 Å². The quantitative estimate of drug-likeness (QED) is 0.678. The minimum Gasteiger partial charge on any atom is -0.322 e. The van der Waals surface area contributed by atoms with E-state index in [4.69, 9.17) is 0 Å². The molecule has 3 nitrogen and oxygen atoms in total. The predicted molar refractivity (Wildman–Crippen MR) is 83.5 cm³/mol. The van der Waals surface area contributed by atoms with Gasteiger partial charge in [-0.1, -0.05) is 28.1 Å². The zero-order valence-corrected chi connectivity index (χ0v) is 12.6. The number of Topliss-reactive ketones (excluding diaryl/α,β-unsaturated/α-hetero) is 1. The van der Waals surface area contributed by atoms with E-state index in [2.05, 4.69) is 21.2 Å². The number of rotatable bonds is 4. The van der Waals surface area contributed by atoms with E-state index in [0.717, 1.165) is 10.9 Å². The molecule has 0 aliphatic carbocycles. The highest BCUT2D eigenvalue weighted by Gasteiger charge is 2.06. The second-order valence-corrected chi connectivity index (χ2v) is 4.98. The molecule has 2 aromatic rings. The summed E-state index contributed by atoms with van der Waals surface area (Å²) in [6.45, 7) is 1.51. The fraction of sp³-hybridized carbons (Fsp3) is 0.125. The first-order chi connectivity index (χ1) is 9.60. The van der Waals surface area contributed by atoms with Crippen molar-refractivity contribution in [3.8, 4) is 0 Å². The number of ketones is 1. The number of alkyl halides is 1. The van der Waals surface area contributed by atoms with E-state index in [1.54, 1.807) is 36.4 Å². The number of hydrogen-bond donors (Lipinski definition) is 1. The Labute approximate surface area is 126 Å². The summed E-state index contributed by atoms with van der Waals surface area (Å²) in [7, 11) is 0. The summed E-state index contributed by atoms with van der Waals surface area (Å²) in [4.78, 5) is 23.2. The van der Waals surface area contributed by atoms with Crippen molar-refractivity contribution < 1.29 is 9.59 Å². The molecule has 2 aromatic carbocycles. The summed E-state index contributed by atoms with van der Waals surface area (Å²) in [5.74, 6) is -0.157. The molecule has 0 saturated heterocycles. The second kappa shape index (κ2) is 6.48. The minimum atomic E-state index is -0.165. The number of anilines is 1. The Morgan fingerprint density at radius 1 is 0.950 bits per heavy atom. The first-order valence-corrected chi connectivity index (χ1v) is 7.29. The smallest absolute Gasteiger partial charge is 0.255 e. The molecule has 0 heterocycles. The largest absolute Gasteiger partial charge is 0.322 e. The molecule has 0 unspecified atom stereocenters. The highest BCUT2D eigenvalue weighted by Crippen LogP contribution is 2.13.